The first-order valence-corrected chi connectivity index (χ1v) is 9.59. The highest BCUT2D eigenvalue weighted by Crippen LogP contribution is 2.20. The first-order valence-electron chi connectivity index (χ1n) is 9.59. The monoisotopic (exact) mass is 517 g/mol. The Bertz CT molecular complexity index is 721. The number of aliphatic imine (C=N–C) groups is 1. The Hall–Kier alpha value is -1.88. The zero-order valence-electron chi connectivity index (χ0n) is 17.6. The van der Waals surface area contributed by atoms with Crippen LogP contribution in [0.5, 0.6) is 5.75 Å². The van der Waals surface area contributed by atoms with Crippen molar-refractivity contribution in [2.24, 2.45) is 4.99 Å². The Labute approximate surface area is 189 Å². The maximum atomic E-state index is 5.36. The van der Waals surface area contributed by atoms with Crippen LogP contribution in [0.1, 0.15) is 32.1 Å². The van der Waals surface area contributed by atoms with Crippen molar-refractivity contribution < 1.29 is 14.0 Å². The van der Waals surface area contributed by atoms with E-state index >= 15 is 0 Å². The summed E-state index contributed by atoms with van der Waals surface area (Å²) >= 11 is 0. The standard InChI is InChI=1S/C20H31N5O3.HI/c1-15(14-26-3)23-20(21-2)22-13-7-5-6-8-18-24-19(25-28-18)16-9-11-17(27-4)12-10-16;/h9-12,15H,5-8,13-14H2,1-4H3,(H2,21,22,23);1H. The van der Waals surface area contributed by atoms with Crippen LogP contribution in [0.15, 0.2) is 33.8 Å². The van der Waals surface area contributed by atoms with Gasteiger partial charge in [-0.1, -0.05) is 11.6 Å². The van der Waals surface area contributed by atoms with Crippen LogP contribution in [-0.2, 0) is 11.2 Å². The van der Waals surface area contributed by atoms with Gasteiger partial charge in [0.2, 0.25) is 11.7 Å². The average Bonchev–Trinajstić information content (AvgIpc) is 3.18. The third kappa shape index (κ3) is 8.99. The lowest BCUT2D eigenvalue weighted by molar-refractivity contribution is 0.179. The second-order valence-electron chi connectivity index (χ2n) is 6.55. The lowest BCUT2D eigenvalue weighted by Gasteiger charge is -2.17. The number of aryl methyl sites for hydroxylation is 1. The van der Waals surface area contributed by atoms with Gasteiger partial charge in [0, 0.05) is 38.7 Å². The third-order valence-electron chi connectivity index (χ3n) is 4.20. The van der Waals surface area contributed by atoms with E-state index in [4.69, 9.17) is 14.0 Å². The molecule has 0 bridgehead atoms. The van der Waals surface area contributed by atoms with Gasteiger partial charge in [0.15, 0.2) is 5.96 Å². The zero-order valence-corrected chi connectivity index (χ0v) is 19.9. The summed E-state index contributed by atoms with van der Waals surface area (Å²) in [5.74, 6) is 2.88. The molecule has 2 aromatic rings. The fourth-order valence-electron chi connectivity index (χ4n) is 2.72. The van der Waals surface area contributed by atoms with Crippen LogP contribution in [0.25, 0.3) is 11.4 Å². The molecule has 162 valence electrons. The minimum absolute atomic E-state index is 0. The molecule has 0 saturated carbocycles. The van der Waals surface area contributed by atoms with Crippen LogP contribution >= 0.6 is 24.0 Å². The molecule has 0 aliphatic rings. The first kappa shape index (κ1) is 25.2. The fraction of sp³-hybridized carbons (Fsp3) is 0.550. The minimum Gasteiger partial charge on any atom is -0.497 e. The van der Waals surface area contributed by atoms with Crippen LogP contribution in [0.4, 0.5) is 0 Å². The smallest absolute Gasteiger partial charge is 0.226 e. The van der Waals surface area contributed by atoms with Gasteiger partial charge in [0.25, 0.3) is 0 Å². The van der Waals surface area contributed by atoms with Gasteiger partial charge in [0.1, 0.15) is 5.75 Å². The van der Waals surface area contributed by atoms with Crippen LogP contribution in [0.3, 0.4) is 0 Å². The van der Waals surface area contributed by atoms with Gasteiger partial charge in [-0.25, -0.2) is 0 Å². The molecule has 1 atom stereocenters. The maximum Gasteiger partial charge on any atom is 0.226 e. The summed E-state index contributed by atoms with van der Waals surface area (Å²) in [5, 5.41) is 10.7. The van der Waals surface area contributed by atoms with E-state index in [2.05, 4.69) is 32.7 Å². The average molecular weight is 517 g/mol. The normalized spacial score (nSPS) is 12.2. The van der Waals surface area contributed by atoms with Crippen molar-refractivity contribution in [1.82, 2.24) is 20.8 Å². The number of methoxy groups -OCH3 is 2. The van der Waals surface area contributed by atoms with Crippen LogP contribution in [-0.4, -0.2) is 56.6 Å². The van der Waals surface area contributed by atoms with Crippen LogP contribution in [0.2, 0.25) is 0 Å². The molecule has 0 amide bonds. The molecule has 0 fully saturated rings. The molecule has 2 rings (SSSR count). The summed E-state index contributed by atoms with van der Waals surface area (Å²) in [6.07, 6.45) is 3.88. The topological polar surface area (TPSA) is 93.8 Å². The summed E-state index contributed by atoms with van der Waals surface area (Å²) in [7, 11) is 5.11. The van der Waals surface area contributed by atoms with E-state index in [1.165, 1.54) is 0 Å². The molecule has 0 radical (unpaired) electrons. The van der Waals surface area contributed by atoms with Crippen LogP contribution < -0.4 is 15.4 Å². The lowest BCUT2D eigenvalue weighted by atomic mass is 10.2. The number of hydrogen-bond acceptors (Lipinski definition) is 6. The predicted octanol–water partition coefficient (Wildman–Crippen LogP) is 3.28. The summed E-state index contributed by atoms with van der Waals surface area (Å²) in [6, 6.07) is 7.84. The molecular formula is C20H32IN5O3. The molecule has 0 aliphatic heterocycles. The predicted molar refractivity (Wildman–Crippen MR) is 125 cm³/mol. The molecule has 8 nitrogen and oxygen atoms in total. The number of unbranched alkanes of at least 4 members (excludes halogenated alkanes) is 2. The first-order chi connectivity index (χ1) is 13.7. The van der Waals surface area contributed by atoms with Crippen molar-refractivity contribution in [3.63, 3.8) is 0 Å². The third-order valence-corrected chi connectivity index (χ3v) is 4.20. The second kappa shape index (κ2) is 14.2. The zero-order chi connectivity index (χ0) is 20.2. The molecule has 1 unspecified atom stereocenters. The molecular weight excluding hydrogens is 485 g/mol. The number of nitrogens with one attached hydrogen (secondary N) is 2. The minimum atomic E-state index is 0. The van der Waals surface area contributed by atoms with Gasteiger partial charge in [-0.05, 0) is 44.0 Å². The van der Waals surface area contributed by atoms with E-state index in [1.807, 2.05) is 24.3 Å². The van der Waals surface area contributed by atoms with Gasteiger partial charge in [-0.15, -0.1) is 24.0 Å². The lowest BCUT2D eigenvalue weighted by Crippen LogP contribution is -2.44. The highest BCUT2D eigenvalue weighted by Gasteiger charge is 2.09. The number of nitrogens with zero attached hydrogens (tertiary/aromatic N) is 3. The SMILES string of the molecule is CN=C(NCCCCCc1nc(-c2ccc(OC)cc2)no1)NC(C)COC.I. The molecule has 29 heavy (non-hydrogen) atoms. The number of benzene rings is 1. The van der Waals surface area contributed by atoms with Gasteiger partial charge in [-0.3, -0.25) is 4.99 Å². The highest BCUT2D eigenvalue weighted by molar-refractivity contribution is 14.0. The maximum absolute atomic E-state index is 5.36. The number of aromatic nitrogens is 2. The molecule has 1 heterocycles. The van der Waals surface area contributed by atoms with E-state index in [0.717, 1.165) is 49.5 Å². The second-order valence-corrected chi connectivity index (χ2v) is 6.55. The van der Waals surface area contributed by atoms with Crippen molar-refractivity contribution in [1.29, 1.82) is 0 Å². The molecule has 0 aliphatic carbocycles. The summed E-state index contributed by atoms with van der Waals surface area (Å²) in [6.45, 7) is 3.56. The Morgan fingerprint density at radius 1 is 1.17 bits per heavy atom. The number of guanidine groups is 1. The highest BCUT2D eigenvalue weighted by atomic mass is 127. The Balaban J connectivity index is 0.00000420. The van der Waals surface area contributed by atoms with Crippen molar-refractivity contribution in [2.75, 3.05) is 34.4 Å². The quantitative estimate of drug-likeness (QED) is 0.205. The summed E-state index contributed by atoms with van der Waals surface area (Å²) in [5.41, 5.74) is 0.918. The Morgan fingerprint density at radius 2 is 1.93 bits per heavy atom. The van der Waals surface area contributed by atoms with Crippen molar-refractivity contribution in [3.05, 3.63) is 30.2 Å². The molecule has 1 aromatic heterocycles. The number of rotatable bonds is 11. The van der Waals surface area contributed by atoms with Crippen LogP contribution in [0, 0.1) is 0 Å². The molecule has 9 heteroatoms. The number of hydrogen-bond donors (Lipinski definition) is 2. The Kier molecular flexibility index (Phi) is 12.3. The van der Waals surface area contributed by atoms with Gasteiger partial charge in [0.05, 0.1) is 13.7 Å². The van der Waals surface area contributed by atoms with E-state index in [1.54, 1.807) is 21.3 Å². The summed E-state index contributed by atoms with van der Waals surface area (Å²) in [4.78, 5) is 8.69. The van der Waals surface area contributed by atoms with Gasteiger partial charge >= 0.3 is 0 Å². The number of halogens is 1. The van der Waals surface area contributed by atoms with Crippen molar-refractivity contribution in [3.8, 4) is 17.1 Å². The van der Waals surface area contributed by atoms with E-state index in [0.29, 0.717) is 18.3 Å². The largest absolute Gasteiger partial charge is 0.497 e. The van der Waals surface area contributed by atoms with Gasteiger partial charge in [-0.2, -0.15) is 4.98 Å². The number of ether oxygens (including phenoxy) is 2. The fourth-order valence-corrected chi connectivity index (χ4v) is 2.72. The van der Waals surface area contributed by atoms with E-state index in [9.17, 15) is 0 Å². The molecule has 0 saturated heterocycles. The van der Waals surface area contributed by atoms with Gasteiger partial charge < -0.3 is 24.6 Å². The summed E-state index contributed by atoms with van der Waals surface area (Å²) < 4.78 is 15.6. The molecule has 2 N–H and O–H groups in total. The molecule has 0 spiro atoms. The van der Waals surface area contributed by atoms with Crippen molar-refractivity contribution >= 4 is 29.9 Å². The Morgan fingerprint density at radius 3 is 2.59 bits per heavy atom. The van der Waals surface area contributed by atoms with Crippen molar-refractivity contribution in [2.45, 2.75) is 38.6 Å². The van der Waals surface area contributed by atoms with E-state index < -0.39 is 0 Å². The molecule has 1 aromatic carbocycles. The van der Waals surface area contributed by atoms with E-state index in [-0.39, 0.29) is 30.0 Å².